The lowest BCUT2D eigenvalue weighted by atomic mass is 10.0. The number of benzene rings is 2. The molecule has 1 unspecified atom stereocenters. The zero-order valence-electron chi connectivity index (χ0n) is 14.1. The molecule has 138 valence electrons. The van der Waals surface area contributed by atoms with Gasteiger partial charge in [-0.3, -0.25) is 9.69 Å². The second kappa shape index (κ2) is 8.70. The highest BCUT2D eigenvalue weighted by molar-refractivity contribution is 9.10. The Morgan fingerprint density at radius 1 is 1.15 bits per heavy atom. The van der Waals surface area contributed by atoms with E-state index in [2.05, 4.69) is 26.1 Å². The minimum absolute atomic E-state index is 0.108. The number of nitrogens with zero attached hydrogens (tertiary/aromatic N) is 1. The summed E-state index contributed by atoms with van der Waals surface area (Å²) in [5.41, 5.74) is 1.17. The third-order valence-corrected chi connectivity index (χ3v) is 5.02. The van der Waals surface area contributed by atoms with E-state index in [0.29, 0.717) is 24.2 Å². The fraction of sp³-hybridized carbons (Fsp3) is 0.316. The second-order valence-corrected chi connectivity index (χ2v) is 6.91. The molecule has 4 nitrogen and oxygen atoms in total. The number of carbonyl (C=O) groups is 1. The number of nitrogens with one attached hydrogen (secondary N) is 1. The van der Waals surface area contributed by atoms with Crippen molar-refractivity contribution in [2.45, 2.75) is 6.04 Å². The molecule has 1 aliphatic heterocycles. The molecule has 1 atom stereocenters. The van der Waals surface area contributed by atoms with Gasteiger partial charge >= 0.3 is 0 Å². The van der Waals surface area contributed by atoms with Crippen molar-refractivity contribution in [1.82, 2.24) is 10.2 Å². The van der Waals surface area contributed by atoms with Gasteiger partial charge in [0.1, 0.15) is 11.6 Å². The van der Waals surface area contributed by atoms with E-state index >= 15 is 0 Å². The molecular formula is C19H19BrF2N2O2. The average Bonchev–Trinajstić information content (AvgIpc) is 2.66. The van der Waals surface area contributed by atoms with Gasteiger partial charge in [0.25, 0.3) is 5.91 Å². The zero-order valence-corrected chi connectivity index (χ0v) is 15.6. The molecule has 0 radical (unpaired) electrons. The summed E-state index contributed by atoms with van der Waals surface area (Å²) in [6, 6.07) is 10.4. The first kappa shape index (κ1) is 18.9. The highest BCUT2D eigenvalue weighted by Gasteiger charge is 2.23. The number of amides is 1. The van der Waals surface area contributed by atoms with Gasteiger partial charge in [0, 0.05) is 25.2 Å². The molecule has 2 aromatic rings. The number of carbonyl (C=O) groups excluding carboxylic acids is 1. The van der Waals surface area contributed by atoms with Crippen LogP contribution in [0.5, 0.6) is 0 Å². The van der Waals surface area contributed by atoms with Crippen molar-refractivity contribution in [2.75, 3.05) is 32.8 Å². The number of halogens is 3. The summed E-state index contributed by atoms with van der Waals surface area (Å²) in [4.78, 5) is 14.6. The monoisotopic (exact) mass is 424 g/mol. The molecule has 0 bridgehead atoms. The van der Waals surface area contributed by atoms with Gasteiger partial charge in [-0.25, -0.2) is 8.78 Å². The summed E-state index contributed by atoms with van der Waals surface area (Å²) in [6.45, 7) is 3.02. The van der Waals surface area contributed by atoms with Crippen LogP contribution in [-0.2, 0) is 4.74 Å². The van der Waals surface area contributed by atoms with E-state index in [1.54, 1.807) is 18.2 Å². The first-order valence-corrected chi connectivity index (χ1v) is 9.14. The SMILES string of the molecule is O=C(NCC(c1ccc(F)cc1)N1CCOCC1)c1ccc(Br)c(F)c1. The van der Waals surface area contributed by atoms with E-state index in [0.717, 1.165) is 18.7 Å². The number of morpholine rings is 1. The lowest BCUT2D eigenvalue weighted by Crippen LogP contribution is -2.43. The molecule has 1 fully saturated rings. The predicted octanol–water partition coefficient (Wildman–Crippen LogP) is 3.53. The van der Waals surface area contributed by atoms with Gasteiger partial charge < -0.3 is 10.1 Å². The Bertz CT molecular complexity index is 765. The highest BCUT2D eigenvalue weighted by Crippen LogP contribution is 2.22. The fourth-order valence-corrected chi connectivity index (χ4v) is 3.21. The Hall–Kier alpha value is -1.83. The first-order chi connectivity index (χ1) is 12.5. The van der Waals surface area contributed by atoms with Gasteiger partial charge in [0.2, 0.25) is 0 Å². The summed E-state index contributed by atoms with van der Waals surface area (Å²) in [6.07, 6.45) is 0. The zero-order chi connectivity index (χ0) is 18.5. The maximum absolute atomic E-state index is 13.6. The van der Waals surface area contributed by atoms with E-state index in [-0.39, 0.29) is 23.3 Å². The Labute approximate surface area is 159 Å². The molecule has 1 amide bonds. The van der Waals surface area contributed by atoms with Crippen LogP contribution in [0.1, 0.15) is 22.0 Å². The van der Waals surface area contributed by atoms with Crippen LogP contribution in [0, 0.1) is 11.6 Å². The Morgan fingerprint density at radius 3 is 2.50 bits per heavy atom. The normalized spacial score (nSPS) is 16.3. The molecule has 2 aromatic carbocycles. The summed E-state index contributed by atoms with van der Waals surface area (Å²) in [5, 5.41) is 2.86. The van der Waals surface area contributed by atoms with Gasteiger partial charge in [-0.05, 0) is 51.8 Å². The van der Waals surface area contributed by atoms with Crippen molar-refractivity contribution in [3.05, 3.63) is 69.7 Å². The van der Waals surface area contributed by atoms with Gasteiger partial charge in [-0.1, -0.05) is 12.1 Å². The van der Waals surface area contributed by atoms with Crippen LogP contribution in [-0.4, -0.2) is 43.7 Å². The molecule has 26 heavy (non-hydrogen) atoms. The molecular weight excluding hydrogens is 406 g/mol. The minimum Gasteiger partial charge on any atom is -0.379 e. The molecule has 3 rings (SSSR count). The largest absolute Gasteiger partial charge is 0.379 e. The number of hydrogen-bond donors (Lipinski definition) is 1. The lowest BCUT2D eigenvalue weighted by Gasteiger charge is -2.35. The number of hydrogen-bond acceptors (Lipinski definition) is 3. The van der Waals surface area contributed by atoms with Crippen LogP contribution in [0.25, 0.3) is 0 Å². The van der Waals surface area contributed by atoms with Crippen LogP contribution < -0.4 is 5.32 Å². The average molecular weight is 425 g/mol. The topological polar surface area (TPSA) is 41.6 Å². The standard InChI is InChI=1S/C19H19BrF2N2O2/c20-16-6-3-14(11-17(16)22)19(25)23-12-18(24-7-9-26-10-8-24)13-1-4-15(21)5-2-13/h1-6,11,18H,7-10,12H2,(H,23,25). The molecule has 0 aliphatic carbocycles. The molecule has 0 saturated carbocycles. The van der Waals surface area contributed by atoms with Crippen LogP contribution in [0.4, 0.5) is 8.78 Å². The third-order valence-electron chi connectivity index (χ3n) is 4.38. The van der Waals surface area contributed by atoms with Gasteiger partial charge in [0.05, 0.1) is 23.7 Å². The van der Waals surface area contributed by atoms with Crippen molar-refractivity contribution in [3.8, 4) is 0 Å². The van der Waals surface area contributed by atoms with E-state index in [4.69, 9.17) is 4.74 Å². The number of rotatable bonds is 5. The Morgan fingerprint density at radius 2 is 1.85 bits per heavy atom. The minimum atomic E-state index is -0.485. The van der Waals surface area contributed by atoms with Gasteiger partial charge in [-0.2, -0.15) is 0 Å². The van der Waals surface area contributed by atoms with Crippen molar-refractivity contribution < 1.29 is 18.3 Å². The molecule has 1 saturated heterocycles. The van der Waals surface area contributed by atoms with Crippen LogP contribution >= 0.6 is 15.9 Å². The molecule has 1 aliphatic rings. The van der Waals surface area contributed by atoms with Crippen molar-refractivity contribution in [1.29, 1.82) is 0 Å². The van der Waals surface area contributed by atoms with Crippen molar-refractivity contribution >= 4 is 21.8 Å². The predicted molar refractivity (Wildman–Crippen MR) is 98.0 cm³/mol. The maximum Gasteiger partial charge on any atom is 0.251 e. The maximum atomic E-state index is 13.6. The lowest BCUT2D eigenvalue weighted by molar-refractivity contribution is 0.0162. The highest BCUT2D eigenvalue weighted by atomic mass is 79.9. The van der Waals surface area contributed by atoms with Crippen LogP contribution in [0.2, 0.25) is 0 Å². The van der Waals surface area contributed by atoms with Crippen LogP contribution in [0.3, 0.4) is 0 Å². The van der Waals surface area contributed by atoms with E-state index in [9.17, 15) is 13.6 Å². The van der Waals surface area contributed by atoms with Crippen LogP contribution in [0.15, 0.2) is 46.9 Å². The number of ether oxygens (including phenoxy) is 1. The molecule has 7 heteroatoms. The summed E-state index contributed by atoms with van der Waals surface area (Å²) in [5.74, 6) is -1.14. The quantitative estimate of drug-likeness (QED) is 0.797. The van der Waals surface area contributed by atoms with Crippen molar-refractivity contribution in [2.24, 2.45) is 0 Å². The second-order valence-electron chi connectivity index (χ2n) is 6.05. The Balaban J connectivity index is 1.73. The smallest absolute Gasteiger partial charge is 0.251 e. The molecule has 0 aromatic heterocycles. The fourth-order valence-electron chi connectivity index (χ4n) is 2.96. The van der Waals surface area contributed by atoms with Gasteiger partial charge in [-0.15, -0.1) is 0 Å². The molecule has 0 spiro atoms. The van der Waals surface area contributed by atoms with E-state index < -0.39 is 5.82 Å². The summed E-state index contributed by atoms with van der Waals surface area (Å²) < 4.78 is 32.6. The van der Waals surface area contributed by atoms with Crippen molar-refractivity contribution in [3.63, 3.8) is 0 Å². The van der Waals surface area contributed by atoms with Gasteiger partial charge in [0.15, 0.2) is 0 Å². The summed E-state index contributed by atoms with van der Waals surface area (Å²) >= 11 is 3.07. The molecule has 1 heterocycles. The first-order valence-electron chi connectivity index (χ1n) is 8.35. The van der Waals surface area contributed by atoms with E-state index in [1.165, 1.54) is 24.3 Å². The van der Waals surface area contributed by atoms with E-state index in [1.807, 2.05) is 0 Å². The third kappa shape index (κ3) is 4.66. The molecule has 1 N–H and O–H groups in total. The Kier molecular flexibility index (Phi) is 6.34. The summed E-state index contributed by atoms with van der Waals surface area (Å²) in [7, 11) is 0.